The van der Waals surface area contributed by atoms with Crippen molar-refractivity contribution in [3.05, 3.63) is 34.9 Å². The van der Waals surface area contributed by atoms with Crippen LogP contribution in [0.15, 0.2) is 24.3 Å². The van der Waals surface area contributed by atoms with Crippen LogP contribution in [0.2, 0.25) is 5.02 Å². The zero-order chi connectivity index (χ0) is 10.9. The van der Waals surface area contributed by atoms with Gasteiger partial charge in [-0.1, -0.05) is 29.8 Å². The van der Waals surface area contributed by atoms with Gasteiger partial charge in [0.25, 0.3) is 0 Å². The third kappa shape index (κ3) is 1.52. The van der Waals surface area contributed by atoms with Crippen molar-refractivity contribution < 1.29 is 14.3 Å². The van der Waals surface area contributed by atoms with E-state index in [2.05, 4.69) is 0 Å². The summed E-state index contributed by atoms with van der Waals surface area (Å²) in [6, 6.07) is 7.28. The number of rotatable bonds is 2. The molecule has 3 nitrogen and oxygen atoms in total. The molecular formula is C11H11ClO3. The van der Waals surface area contributed by atoms with Crippen LogP contribution in [-0.4, -0.2) is 26.3 Å². The molecule has 0 spiro atoms. The Morgan fingerprint density at radius 3 is 2.60 bits per heavy atom. The highest BCUT2D eigenvalue weighted by molar-refractivity contribution is 6.31. The summed E-state index contributed by atoms with van der Waals surface area (Å²) in [5.74, 6) is -0.290. The summed E-state index contributed by atoms with van der Waals surface area (Å²) < 4.78 is 9.90. The van der Waals surface area contributed by atoms with Gasteiger partial charge in [0.05, 0.1) is 20.3 Å². The molecule has 0 bridgehead atoms. The number of carbonyl (C=O) groups excluding carboxylic acids is 1. The normalized spacial score (nSPS) is 18.0. The number of benzene rings is 1. The molecule has 1 aliphatic heterocycles. The predicted octanol–water partition coefficient (Wildman–Crippen LogP) is 1.78. The summed E-state index contributed by atoms with van der Waals surface area (Å²) in [4.78, 5) is 11.7. The highest BCUT2D eigenvalue weighted by Gasteiger charge is 2.49. The highest BCUT2D eigenvalue weighted by Crippen LogP contribution is 2.37. The fourth-order valence-electron chi connectivity index (χ4n) is 1.73. The molecule has 1 fully saturated rings. The molecule has 1 aromatic rings. The van der Waals surface area contributed by atoms with Gasteiger partial charge in [-0.25, -0.2) is 0 Å². The van der Waals surface area contributed by atoms with Gasteiger partial charge in [-0.3, -0.25) is 4.79 Å². The molecule has 1 aliphatic rings. The first-order chi connectivity index (χ1) is 7.20. The third-order valence-electron chi connectivity index (χ3n) is 2.66. The first-order valence-corrected chi connectivity index (χ1v) is 5.00. The summed E-state index contributed by atoms with van der Waals surface area (Å²) >= 11 is 6.06. The van der Waals surface area contributed by atoms with Crippen molar-refractivity contribution in [2.24, 2.45) is 0 Å². The maximum absolute atomic E-state index is 11.7. The molecule has 15 heavy (non-hydrogen) atoms. The van der Waals surface area contributed by atoms with Crippen molar-refractivity contribution in [3.63, 3.8) is 0 Å². The second-order valence-corrected chi connectivity index (χ2v) is 3.95. The number of esters is 1. The van der Waals surface area contributed by atoms with E-state index < -0.39 is 5.41 Å². The molecule has 2 rings (SSSR count). The molecule has 4 heteroatoms. The Kier molecular flexibility index (Phi) is 2.67. The van der Waals surface area contributed by atoms with Crippen LogP contribution < -0.4 is 0 Å². The van der Waals surface area contributed by atoms with Crippen LogP contribution in [0.4, 0.5) is 0 Å². The van der Waals surface area contributed by atoms with Gasteiger partial charge < -0.3 is 9.47 Å². The molecule has 0 unspecified atom stereocenters. The SMILES string of the molecule is COC(=O)C1(c2ccccc2Cl)COC1. The van der Waals surface area contributed by atoms with Crippen LogP contribution in [0.5, 0.6) is 0 Å². The lowest BCUT2D eigenvalue weighted by atomic mass is 9.78. The Balaban J connectivity index is 2.43. The lowest BCUT2D eigenvalue weighted by Gasteiger charge is -2.39. The Hall–Kier alpha value is -1.06. The van der Waals surface area contributed by atoms with Gasteiger partial charge in [0.2, 0.25) is 0 Å². The van der Waals surface area contributed by atoms with Gasteiger partial charge in [0.15, 0.2) is 0 Å². The Morgan fingerprint density at radius 2 is 2.13 bits per heavy atom. The lowest BCUT2D eigenvalue weighted by molar-refractivity contribution is -0.166. The minimum absolute atomic E-state index is 0.290. The van der Waals surface area contributed by atoms with Crippen LogP contribution in [0.25, 0.3) is 0 Å². The molecule has 0 atom stereocenters. The van der Waals surface area contributed by atoms with E-state index in [1.54, 1.807) is 6.07 Å². The quantitative estimate of drug-likeness (QED) is 0.722. The van der Waals surface area contributed by atoms with Gasteiger partial charge in [-0.2, -0.15) is 0 Å². The Morgan fingerprint density at radius 1 is 1.47 bits per heavy atom. The van der Waals surface area contributed by atoms with Crippen molar-refractivity contribution in [3.8, 4) is 0 Å². The first-order valence-electron chi connectivity index (χ1n) is 4.62. The molecule has 1 saturated heterocycles. The molecule has 0 N–H and O–H groups in total. The van der Waals surface area contributed by atoms with E-state index in [0.29, 0.717) is 18.2 Å². The molecule has 0 saturated carbocycles. The predicted molar refractivity (Wildman–Crippen MR) is 56.0 cm³/mol. The maximum Gasteiger partial charge on any atom is 0.321 e. The maximum atomic E-state index is 11.7. The summed E-state index contributed by atoms with van der Waals surface area (Å²) in [5, 5.41) is 0.575. The number of hydrogen-bond acceptors (Lipinski definition) is 3. The van der Waals surface area contributed by atoms with E-state index in [9.17, 15) is 4.79 Å². The number of hydrogen-bond donors (Lipinski definition) is 0. The zero-order valence-electron chi connectivity index (χ0n) is 8.33. The van der Waals surface area contributed by atoms with E-state index >= 15 is 0 Å². The second-order valence-electron chi connectivity index (χ2n) is 3.55. The fraction of sp³-hybridized carbons (Fsp3) is 0.364. The molecule has 0 amide bonds. The second kappa shape index (κ2) is 3.83. The molecule has 1 heterocycles. The molecule has 0 aliphatic carbocycles. The minimum atomic E-state index is -0.701. The summed E-state index contributed by atoms with van der Waals surface area (Å²) in [6.07, 6.45) is 0. The average Bonchev–Trinajstić information content (AvgIpc) is 2.19. The van der Waals surface area contributed by atoms with Crippen LogP contribution in [0.3, 0.4) is 0 Å². The summed E-state index contributed by atoms with van der Waals surface area (Å²) in [5.41, 5.74) is 0.0809. The molecule has 0 aromatic heterocycles. The van der Waals surface area contributed by atoms with Gasteiger partial charge in [0.1, 0.15) is 5.41 Å². The average molecular weight is 227 g/mol. The molecule has 0 radical (unpaired) electrons. The standard InChI is InChI=1S/C11H11ClO3/c1-14-10(13)11(6-15-7-11)8-4-2-3-5-9(8)12/h2-5H,6-7H2,1H3. The lowest BCUT2D eigenvalue weighted by Crippen LogP contribution is -2.53. The first kappa shape index (κ1) is 10.5. The Labute approximate surface area is 92.9 Å². The van der Waals surface area contributed by atoms with E-state index in [1.807, 2.05) is 18.2 Å². The van der Waals surface area contributed by atoms with Crippen LogP contribution in [0, 0.1) is 0 Å². The monoisotopic (exact) mass is 226 g/mol. The summed E-state index contributed by atoms with van der Waals surface area (Å²) in [6.45, 7) is 0.673. The third-order valence-corrected chi connectivity index (χ3v) is 2.99. The molecular weight excluding hydrogens is 216 g/mol. The van der Waals surface area contributed by atoms with Crippen LogP contribution in [0.1, 0.15) is 5.56 Å². The zero-order valence-corrected chi connectivity index (χ0v) is 9.08. The molecule has 1 aromatic carbocycles. The topological polar surface area (TPSA) is 35.5 Å². The van der Waals surface area contributed by atoms with Crippen LogP contribution >= 0.6 is 11.6 Å². The van der Waals surface area contributed by atoms with Crippen molar-refractivity contribution in [2.45, 2.75) is 5.41 Å². The van der Waals surface area contributed by atoms with Crippen molar-refractivity contribution in [1.29, 1.82) is 0 Å². The fourth-order valence-corrected chi connectivity index (χ4v) is 2.05. The number of methoxy groups -OCH3 is 1. The van der Waals surface area contributed by atoms with Gasteiger partial charge >= 0.3 is 5.97 Å². The summed E-state index contributed by atoms with van der Waals surface area (Å²) in [7, 11) is 1.37. The molecule has 80 valence electrons. The largest absolute Gasteiger partial charge is 0.468 e. The minimum Gasteiger partial charge on any atom is -0.468 e. The number of carbonyl (C=O) groups is 1. The van der Waals surface area contributed by atoms with E-state index in [1.165, 1.54) is 7.11 Å². The Bertz CT molecular complexity index is 385. The van der Waals surface area contributed by atoms with Gasteiger partial charge in [-0.15, -0.1) is 0 Å². The van der Waals surface area contributed by atoms with E-state index in [0.717, 1.165) is 5.56 Å². The highest BCUT2D eigenvalue weighted by atomic mass is 35.5. The smallest absolute Gasteiger partial charge is 0.321 e. The number of halogens is 1. The van der Waals surface area contributed by atoms with Gasteiger partial charge in [-0.05, 0) is 11.6 Å². The van der Waals surface area contributed by atoms with Crippen molar-refractivity contribution in [1.82, 2.24) is 0 Å². The number of ether oxygens (including phenoxy) is 2. The van der Waals surface area contributed by atoms with E-state index in [4.69, 9.17) is 21.1 Å². The van der Waals surface area contributed by atoms with Crippen LogP contribution in [-0.2, 0) is 19.7 Å². The van der Waals surface area contributed by atoms with Crippen molar-refractivity contribution in [2.75, 3.05) is 20.3 Å². The van der Waals surface area contributed by atoms with Gasteiger partial charge in [0, 0.05) is 5.02 Å². The van der Waals surface area contributed by atoms with Crippen molar-refractivity contribution >= 4 is 17.6 Å². The van der Waals surface area contributed by atoms with E-state index in [-0.39, 0.29) is 5.97 Å².